The van der Waals surface area contributed by atoms with E-state index < -0.39 is 53.1 Å². The van der Waals surface area contributed by atoms with Gasteiger partial charge in [-0.3, -0.25) is 49.9 Å². The monoisotopic (exact) mass is 1960 g/mol. The van der Waals surface area contributed by atoms with E-state index in [1.165, 1.54) is 78.1 Å². The summed E-state index contributed by atoms with van der Waals surface area (Å²) in [6, 6.07) is 76.1. The molecule has 0 unspecified atom stereocenters. The number of ketones is 5. The molecule has 0 fully saturated rings. The number of hydroxylamine groups is 2. The number of carboxylic acid groups (broad SMARTS) is 5. The fraction of sp³-hybridized carbons (Fsp3) is 0.133. The smallest absolute Gasteiger partial charge is 1.00 e. The number of thiophene rings is 6. The number of carboxylic acids is 5. The number of Topliss-reactive ketones (excluding diaryl/α,β-unsaturated/α-hetero) is 5. The third-order valence-corrected chi connectivity index (χ3v) is 22.3. The van der Waals surface area contributed by atoms with Crippen molar-refractivity contribution in [3.8, 4) is 55.6 Å². The molecule has 7 heterocycles. The van der Waals surface area contributed by atoms with Crippen LogP contribution in [-0.4, -0.2) is 140 Å². The van der Waals surface area contributed by atoms with Gasteiger partial charge in [-0.1, -0.05) is 289 Å². The summed E-state index contributed by atoms with van der Waals surface area (Å²) in [6.45, 7) is 5.75. The Morgan fingerprint density at radius 2 is 0.844 bits per heavy atom. The Bertz CT molecular complexity index is 5570. The molecule has 128 heavy (non-hydrogen) atoms. The van der Waals surface area contributed by atoms with Gasteiger partial charge in [-0.25, -0.2) is 24.2 Å². The number of hydrogen-bond donors (Lipinski definition) is 4. The van der Waals surface area contributed by atoms with Crippen molar-refractivity contribution in [2.75, 3.05) is 20.7 Å². The number of carbonyl (C=O) groups is 11. The van der Waals surface area contributed by atoms with Crippen LogP contribution >= 0.6 is 84.0 Å². The molecule has 1 amide bonds. The molecule has 1 aliphatic rings. The summed E-state index contributed by atoms with van der Waals surface area (Å²) in [5, 5.41) is 64.2. The second kappa shape index (κ2) is 64.4. The molecular weight excluding hydrogens is 1870 g/mol. The zero-order valence-electron chi connectivity index (χ0n) is 65.4. The maximum absolute atomic E-state index is 12.8. The van der Waals surface area contributed by atoms with E-state index in [4.69, 9.17) is 10.2 Å². The number of carbonyl (C=O) groups excluding carboxylic acids is 7. The van der Waals surface area contributed by atoms with Gasteiger partial charge in [0.2, 0.25) is 17.3 Å². The molecule has 0 spiro atoms. The SMILES string of the molecule is C.C.C.C.C.C.C.CON(C)C(=O)C(=O)c1scc(-c2ccccc2)c1C(=O)O.O=C(C(=O)c1scc(-c2ccccc2)c1C(=O)O)c1ccccc1.O=C(C1=NCC(=O)c2c(-c3ccccc3)csc21)c1ccccc1.O=C(O)c1cscc1-c1ccccc1.O=C(O)c1cscc1Br.O=C([O-])c1[c-]scc1-c1ccccc1.[Br-].[CH2-]CCC.[Li+].[Li+].[Mg+2].[c-]1ccccc1. The summed E-state index contributed by atoms with van der Waals surface area (Å²) in [6.07, 6.45) is 2.28. The van der Waals surface area contributed by atoms with Crippen LogP contribution in [0.3, 0.4) is 0 Å². The van der Waals surface area contributed by atoms with Crippen LogP contribution < -0.4 is 59.8 Å². The molecule has 15 rings (SSSR count). The van der Waals surface area contributed by atoms with Crippen LogP contribution in [0, 0.1) is 18.4 Å². The van der Waals surface area contributed by atoms with Gasteiger partial charge in [-0.15, -0.1) is 50.5 Å². The van der Waals surface area contributed by atoms with Crippen molar-refractivity contribution in [3.05, 3.63) is 368 Å². The molecule has 14 aromatic rings. The fourth-order valence-electron chi connectivity index (χ4n) is 10.4. The number of nitrogens with zero attached hydrogens (tertiary/aromatic N) is 2. The van der Waals surface area contributed by atoms with Crippen molar-refractivity contribution >= 4 is 177 Å². The van der Waals surface area contributed by atoms with Crippen molar-refractivity contribution in [1.29, 1.82) is 0 Å². The molecule has 6 aromatic heterocycles. The van der Waals surface area contributed by atoms with Gasteiger partial charge in [0.1, 0.15) is 12.3 Å². The van der Waals surface area contributed by atoms with E-state index in [0.29, 0.717) is 65.1 Å². The minimum absolute atomic E-state index is 0. The summed E-state index contributed by atoms with van der Waals surface area (Å²) >= 11 is 10.4. The number of halogens is 2. The van der Waals surface area contributed by atoms with Gasteiger partial charge in [0.05, 0.1) is 44.0 Å². The quantitative estimate of drug-likeness (QED) is 0.0192. The zero-order valence-corrected chi connectivity index (χ0v) is 74.9. The van der Waals surface area contributed by atoms with Crippen molar-refractivity contribution in [2.24, 2.45) is 4.99 Å². The number of rotatable bonds is 19. The first kappa shape index (κ1) is 124. The van der Waals surface area contributed by atoms with Gasteiger partial charge < -0.3 is 54.2 Å². The topological polar surface area (TPSA) is 317 Å². The molecule has 30 heteroatoms. The summed E-state index contributed by atoms with van der Waals surface area (Å²) in [7, 11) is 2.53. The summed E-state index contributed by atoms with van der Waals surface area (Å²) < 4.78 is 0.653. The number of aromatic carboxylic acids is 5. The molecule has 19 nitrogen and oxygen atoms in total. The van der Waals surface area contributed by atoms with Crippen LogP contribution in [0.5, 0.6) is 0 Å². The molecule has 0 saturated heterocycles. The molecule has 0 atom stereocenters. The molecule has 0 aliphatic carbocycles. The number of benzene rings is 8. The first-order valence-electron chi connectivity index (χ1n) is 34.9. The van der Waals surface area contributed by atoms with E-state index in [2.05, 4.69) is 51.1 Å². The molecular formula is C98H97Br2Li2MgN2O17S6-. The number of amides is 1. The summed E-state index contributed by atoms with van der Waals surface area (Å²) in [5.74, 6) is -8.92. The Labute approximate surface area is 832 Å². The maximum Gasteiger partial charge on any atom is 2.00 e. The van der Waals surface area contributed by atoms with E-state index in [0.717, 1.165) is 62.0 Å². The third kappa shape index (κ3) is 34.9. The number of unbranched alkanes of at least 4 members (excludes halogenated alkanes) is 1. The van der Waals surface area contributed by atoms with Crippen LogP contribution in [0.4, 0.5) is 0 Å². The van der Waals surface area contributed by atoms with Crippen LogP contribution in [0.15, 0.2) is 295 Å². The predicted molar refractivity (Wildman–Crippen MR) is 516 cm³/mol. The van der Waals surface area contributed by atoms with E-state index in [-0.39, 0.29) is 180 Å². The normalized spacial score (nSPS) is 9.66. The fourth-order valence-corrected chi connectivity index (χ4v) is 16.6. The van der Waals surface area contributed by atoms with Crippen molar-refractivity contribution in [2.45, 2.75) is 71.8 Å². The van der Waals surface area contributed by atoms with Gasteiger partial charge in [0, 0.05) is 82.7 Å². The largest absolute Gasteiger partial charge is 2.00 e. The first-order chi connectivity index (χ1) is 56.5. The number of aliphatic imine (C=N–C) groups is 1. The molecule has 0 bridgehead atoms. The Kier molecular flexibility index (Phi) is 62.4. The molecule has 8 aromatic carbocycles. The van der Waals surface area contributed by atoms with Crippen LogP contribution in [0.1, 0.15) is 179 Å². The van der Waals surface area contributed by atoms with Gasteiger partial charge in [-0.05, 0) is 49.5 Å². The Balaban J connectivity index is -0.000000706. The molecule has 4 N–H and O–H groups in total. The summed E-state index contributed by atoms with van der Waals surface area (Å²) in [4.78, 5) is 139. The Morgan fingerprint density at radius 1 is 0.477 bits per heavy atom. The molecule has 0 saturated carbocycles. The minimum atomic E-state index is -1.25. The van der Waals surface area contributed by atoms with Crippen LogP contribution in [0.25, 0.3) is 55.6 Å². The van der Waals surface area contributed by atoms with Gasteiger partial charge in [0.25, 0.3) is 5.78 Å². The van der Waals surface area contributed by atoms with Crippen molar-refractivity contribution in [3.63, 3.8) is 0 Å². The van der Waals surface area contributed by atoms with Gasteiger partial charge in [0.15, 0.2) is 5.78 Å². The number of hydrogen-bond acceptors (Lipinski definition) is 20. The van der Waals surface area contributed by atoms with Crippen LogP contribution in [-0.2, 0) is 9.63 Å². The standard InChI is InChI=1S/C20H13NO2S.C19H12O4S.C15H13NO5S.C11H8O2S.C11H7O2S.C6H5.C5H3BrO2S.C4H9.7CH4.BrH.2Li.Mg/c22-16-11-21-18(19(23)14-9-5-2-6-10-14)20-17(16)15(12-24-20)13-7-3-1-4-8-13;20-16(13-9-5-2-6-10-13)17(21)18-15(19(22)23)14(11-24-18)12-7-3-1-4-8-12;1-16(21-2)14(18)12(17)13-11(15(19)20)10(8-22-13)9-6-4-3-5-7-9;2*12-11(13)10-7-14-6-9(10)8-4-2-1-3-5-8;1-2-4-6-5-3-1;6-4-2-9-1-3(4)5(7)8;1-3-4-2;;;;;;;;;;;/h1-10,12H,11H2;1-11H,(H,22,23);3-8H,1-2H3,(H,19,20);1-7H,(H,12,13);1-6H,(H,12,13);1-5H;1-2H,(H,7,8);1,3-4H2,2H3;7*1H4;1H;;;/q;;;;2*-1;;-1;;;;;;;;;2*+1;+2/p-2. The Hall–Kier alpha value is -10.3. The van der Waals surface area contributed by atoms with E-state index >= 15 is 0 Å². The maximum atomic E-state index is 12.8. The summed E-state index contributed by atoms with van der Waals surface area (Å²) in [5.41, 5.74) is 9.79. The first-order valence-corrected chi connectivity index (χ1v) is 41.1. The van der Waals surface area contributed by atoms with E-state index in [1.54, 1.807) is 117 Å². The molecule has 656 valence electrons. The number of fused-ring (bicyclic) bond motifs is 1. The predicted octanol–water partition coefficient (Wildman–Crippen LogP) is 15.9. The van der Waals surface area contributed by atoms with E-state index in [9.17, 15) is 68.1 Å². The molecule has 1 aliphatic heterocycles. The van der Waals surface area contributed by atoms with Gasteiger partial charge in [-0.2, -0.15) is 65.5 Å². The minimum Gasteiger partial charge on any atom is -1.00 e. The van der Waals surface area contributed by atoms with E-state index in [1.807, 2.05) is 156 Å². The average molecular weight is 1970 g/mol. The second-order valence-electron chi connectivity index (χ2n) is 23.9. The van der Waals surface area contributed by atoms with Gasteiger partial charge >= 0.3 is 90.6 Å². The second-order valence-corrected chi connectivity index (χ2v) is 29.6. The number of likely N-dealkylation sites (N-methyl/N-ethyl adjacent to an activating group) is 1. The van der Waals surface area contributed by atoms with Crippen molar-refractivity contribution < 1.29 is 138 Å². The van der Waals surface area contributed by atoms with Crippen molar-refractivity contribution in [1.82, 2.24) is 5.06 Å². The average Bonchev–Trinajstić information content (AvgIpc) is 1.61. The van der Waals surface area contributed by atoms with Crippen LogP contribution in [0.2, 0.25) is 0 Å². The zero-order chi connectivity index (χ0) is 84.3. The third-order valence-electron chi connectivity index (χ3n) is 16.3. The Morgan fingerprint density at radius 3 is 1.20 bits per heavy atom. The molecule has 0 radical (unpaired) electrons.